The summed E-state index contributed by atoms with van der Waals surface area (Å²) < 4.78 is 16.6. The summed E-state index contributed by atoms with van der Waals surface area (Å²) in [5, 5.41) is 7.53. The van der Waals surface area contributed by atoms with Gasteiger partial charge in [-0.3, -0.25) is 9.48 Å². The first kappa shape index (κ1) is 21.5. The normalized spacial score (nSPS) is 10.9. The highest BCUT2D eigenvalue weighted by Crippen LogP contribution is 2.31. The van der Waals surface area contributed by atoms with E-state index in [-0.39, 0.29) is 17.9 Å². The van der Waals surface area contributed by atoms with Gasteiger partial charge in [0.1, 0.15) is 11.6 Å². The van der Waals surface area contributed by atoms with Crippen LogP contribution >= 0.6 is 11.6 Å². The van der Waals surface area contributed by atoms with Crippen LogP contribution in [0.15, 0.2) is 60.9 Å². The molecule has 0 atom stereocenters. The number of nitrogen functional groups attached to an aromatic ring is 1. The summed E-state index contributed by atoms with van der Waals surface area (Å²) in [6, 6.07) is 13.4. The lowest BCUT2D eigenvalue weighted by Gasteiger charge is -2.11. The molecule has 2 heterocycles. The van der Waals surface area contributed by atoms with Gasteiger partial charge in [0.25, 0.3) is 5.91 Å². The summed E-state index contributed by atoms with van der Waals surface area (Å²) in [6.45, 7) is 2.19. The molecule has 0 aliphatic rings. The molecule has 0 aliphatic carbocycles. The summed E-state index contributed by atoms with van der Waals surface area (Å²) in [6.07, 6.45) is 3.41. The summed E-state index contributed by atoms with van der Waals surface area (Å²) in [5.41, 5.74) is 10.7. The van der Waals surface area contributed by atoms with Gasteiger partial charge in [-0.2, -0.15) is 5.10 Å². The van der Waals surface area contributed by atoms with Crippen LogP contribution in [0.25, 0.3) is 22.3 Å². The Balaban J connectivity index is 1.58. The molecule has 0 saturated heterocycles. The number of nitrogens with two attached hydrogens (primary N) is 1. The van der Waals surface area contributed by atoms with Crippen LogP contribution in [0.4, 0.5) is 10.2 Å². The van der Waals surface area contributed by atoms with Crippen molar-refractivity contribution in [2.24, 2.45) is 7.05 Å². The first-order valence-corrected chi connectivity index (χ1v) is 10.3. The molecule has 0 fully saturated rings. The molecule has 6 nitrogen and oxygen atoms in total. The molecular formula is C24H21ClFN5O. The Morgan fingerprint density at radius 1 is 1.12 bits per heavy atom. The fourth-order valence-corrected chi connectivity index (χ4v) is 3.64. The van der Waals surface area contributed by atoms with Gasteiger partial charge in [-0.05, 0) is 48.4 Å². The lowest BCUT2D eigenvalue weighted by molar-refractivity contribution is 0.0947. The van der Waals surface area contributed by atoms with E-state index in [0.717, 1.165) is 22.4 Å². The standard InChI is InChI=1S/C24H21ClFN5O/c1-14-21(13-30-31(14)2)17-9-20(23(27)28-12-17)16-6-7-19(22(26)10-16)24(32)29-11-15-4-3-5-18(25)8-15/h3-10,12-13H,11H2,1-2H3,(H2,27,28)(H,29,32). The second-order valence-electron chi connectivity index (χ2n) is 7.43. The van der Waals surface area contributed by atoms with Crippen LogP contribution in [0.2, 0.25) is 5.02 Å². The average Bonchev–Trinajstić information content (AvgIpc) is 3.11. The van der Waals surface area contributed by atoms with E-state index in [2.05, 4.69) is 15.4 Å². The minimum absolute atomic E-state index is 0.0541. The number of amides is 1. The Morgan fingerprint density at radius 2 is 1.94 bits per heavy atom. The monoisotopic (exact) mass is 449 g/mol. The zero-order valence-corrected chi connectivity index (χ0v) is 18.3. The first-order chi connectivity index (χ1) is 15.3. The van der Waals surface area contributed by atoms with Gasteiger partial charge >= 0.3 is 0 Å². The van der Waals surface area contributed by atoms with Crippen molar-refractivity contribution in [1.29, 1.82) is 0 Å². The minimum Gasteiger partial charge on any atom is -0.383 e. The fourth-order valence-electron chi connectivity index (χ4n) is 3.43. The van der Waals surface area contributed by atoms with Crippen LogP contribution in [0, 0.1) is 12.7 Å². The number of nitrogens with zero attached hydrogens (tertiary/aromatic N) is 3. The van der Waals surface area contributed by atoms with Gasteiger partial charge in [0.15, 0.2) is 0 Å². The van der Waals surface area contributed by atoms with Crippen molar-refractivity contribution in [1.82, 2.24) is 20.1 Å². The maximum absolute atomic E-state index is 14.8. The van der Waals surface area contributed by atoms with E-state index in [1.807, 2.05) is 26.1 Å². The third-order valence-electron chi connectivity index (χ3n) is 5.33. The quantitative estimate of drug-likeness (QED) is 0.460. The van der Waals surface area contributed by atoms with E-state index in [1.54, 1.807) is 41.3 Å². The van der Waals surface area contributed by atoms with Crippen LogP contribution in [0.1, 0.15) is 21.6 Å². The van der Waals surface area contributed by atoms with Gasteiger partial charge in [-0.15, -0.1) is 0 Å². The summed E-state index contributed by atoms with van der Waals surface area (Å²) in [7, 11) is 1.86. The molecule has 8 heteroatoms. The van der Waals surface area contributed by atoms with Gasteiger partial charge in [-0.1, -0.05) is 29.8 Å². The Kier molecular flexibility index (Phi) is 5.92. The molecule has 0 aliphatic heterocycles. The Hall–Kier alpha value is -3.71. The summed E-state index contributed by atoms with van der Waals surface area (Å²) in [4.78, 5) is 16.8. The number of carbonyl (C=O) groups is 1. The topological polar surface area (TPSA) is 85.8 Å². The second kappa shape index (κ2) is 8.80. The predicted octanol–water partition coefficient (Wildman–Crippen LogP) is 4.76. The summed E-state index contributed by atoms with van der Waals surface area (Å²) in [5.74, 6) is -0.888. The van der Waals surface area contributed by atoms with E-state index in [9.17, 15) is 9.18 Å². The first-order valence-electron chi connectivity index (χ1n) is 9.90. The number of nitrogens with one attached hydrogen (secondary N) is 1. The molecule has 2 aromatic heterocycles. The smallest absolute Gasteiger partial charge is 0.254 e. The van der Waals surface area contributed by atoms with Crippen LogP contribution < -0.4 is 11.1 Å². The number of carbonyl (C=O) groups excluding carboxylic acids is 1. The van der Waals surface area contributed by atoms with Gasteiger partial charge < -0.3 is 11.1 Å². The van der Waals surface area contributed by atoms with Crippen molar-refractivity contribution in [2.75, 3.05) is 5.73 Å². The van der Waals surface area contributed by atoms with Crippen LogP contribution in [-0.4, -0.2) is 20.7 Å². The highest BCUT2D eigenvalue weighted by molar-refractivity contribution is 6.30. The molecule has 162 valence electrons. The molecule has 32 heavy (non-hydrogen) atoms. The molecule has 4 rings (SSSR count). The predicted molar refractivity (Wildman–Crippen MR) is 124 cm³/mol. The third kappa shape index (κ3) is 4.33. The van der Waals surface area contributed by atoms with E-state index in [0.29, 0.717) is 16.1 Å². The van der Waals surface area contributed by atoms with Gasteiger partial charge in [0, 0.05) is 47.2 Å². The zero-order valence-electron chi connectivity index (χ0n) is 17.6. The van der Waals surface area contributed by atoms with E-state index in [1.165, 1.54) is 12.1 Å². The molecule has 2 aromatic carbocycles. The van der Waals surface area contributed by atoms with Crippen LogP contribution in [0.5, 0.6) is 0 Å². The summed E-state index contributed by atoms with van der Waals surface area (Å²) >= 11 is 5.96. The molecule has 3 N–H and O–H groups in total. The highest BCUT2D eigenvalue weighted by atomic mass is 35.5. The second-order valence-corrected chi connectivity index (χ2v) is 7.87. The number of aryl methyl sites for hydroxylation is 1. The number of rotatable bonds is 5. The maximum Gasteiger partial charge on any atom is 0.254 e. The molecule has 0 spiro atoms. The van der Waals surface area contributed by atoms with Crippen molar-refractivity contribution in [3.05, 3.63) is 88.6 Å². The number of pyridine rings is 1. The lowest BCUT2D eigenvalue weighted by atomic mass is 10.00. The highest BCUT2D eigenvalue weighted by Gasteiger charge is 2.16. The number of halogens is 2. The zero-order chi connectivity index (χ0) is 22.8. The van der Waals surface area contributed by atoms with Crippen LogP contribution in [0.3, 0.4) is 0 Å². The Labute approximate surface area is 189 Å². The molecule has 1 amide bonds. The van der Waals surface area contributed by atoms with Crippen molar-refractivity contribution >= 4 is 23.3 Å². The number of anilines is 1. The number of hydrogen-bond acceptors (Lipinski definition) is 4. The minimum atomic E-state index is -0.645. The van der Waals surface area contributed by atoms with Gasteiger partial charge in [0.2, 0.25) is 0 Å². The van der Waals surface area contributed by atoms with E-state index >= 15 is 0 Å². The van der Waals surface area contributed by atoms with Crippen molar-refractivity contribution in [3.63, 3.8) is 0 Å². The van der Waals surface area contributed by atoms with E-state index < -0.39 is 11.7 Å². The van der Waals surface area contributed by atoms with Crippen molar-refractivity contribution in [2.45, 2.75) is 13.5 Å². The Bertz CT molecular complexity index is 1320. The molecule has 0 saturated carbocycles. The fraction of sp³-hybridized carbons (Fsp3) is 0.125. The lowest BCUT2D eigenvalue weighted by Crippen LogP contribution is -2.23. The number of benzene rings is 2. The van der Waals surface area contributed by atoms with E-state index in [4.69, 9.17) is 17.3 Å². The van der Waals surface area contributed by atoms with Gasteiger partial charge in [0.05, 0.1) is 11.8 Å². The molecule has 4 aromatic rings. The van der Waals surface area contributed by atoms with Gasteiger partial charge in [-0.25, -0.2) is 9.37 Å². The number of hydrogen-bond donors (Lipinski definition) is 2. The Morgan fingerprint density at radius 3 is 2.62 bits per heavy atom. The molecular weight excluding hydrogens is 429 g/mol. The molecule has 0 radical (unpaired) electrons. The third-order valence-corrected chi connectivity index (χ3v) is 5.57. The molecule has 0 unspecified atom stereocenters. The SMILES string of the molecule is Cc1c(-c2cnc(N)c(-c3ccc(C(=O)NCc4cccc(Cl)c4)c(F)c3)c2)cnn1C. The number of aromatic nitrogens is 3. The van der Waals surface area contributed by atoms with Crippen LogP contribution in [-0.2, 0) is 13.6 Å². The maximum atomic E-state index is 14.8. The van der Waals surface area contributed by atoms with Crippen molar-refractivity contribution in [3.8, 4) is 22.3 Å². The largest absolute Gasteiger partial charge is 0.383 e. The van der Waals surface area contributed by atoms with Crippen molar-refractivity contribution < 1.29 is 9.18 Å². The average molecular weight is 450 g/mol. The molecule has 0 bridgehead atoms.